The number of sulfone groups is 1. The topological polar surface area (TPSA) is 99.6 Å². The Kier molecular flexibility index (Phi) is 7.11. The van der Waals surface area contributed by atoms with E-state index in [4.69, 9.17) is 5.21 Å². The second-order valence-electron chi connectivity index (χ2n) is 5.34. The molecule has 2 heterocycles. The summed E-state index contributed by atoms with van der Waals surface area (Å²) in [7, 11) is -3.61. The van der Waals surface area contributed by atoms with Crippen molar-refractivity contribution in [2.45, 2.75) is 38.0 Å². The minimum absolute atomic E-state index is 0.165. The van der Waals surface area contributed by atoms with Crippen molar-refractivity contribution in [2.24, 2.45) is 0 Å². The molecule has 1 aliphatic heterocycles. The molecule has 23 heavy (non-hydrogen) atoms. The second kappa shape index (κ2) is 8.37. The third-order valence-electron chi connectivity index (χ3n) is 4.02. The van der Waals surface area contributed by atoms with E-state index in [-0.39, 0.29) is 12.8 Å². The highest BCUT2D eigenvalue weighted by atomic mass is 32.2. The Balaban J connectivity index is 0.00000127. The predicted molar refractivity (Wildman–Crippen MR) is 87.6 cm³/mol. The third kappa shape index (κ3) is 4.49. The highest BCUT2D eigenvalue weighted by Crippen LogP contribution is 2.31. The van der Waals surface area contributed by atoms with Crippen molar-refractivity contribution < 1.29 is 18.4 Å². The lowest BCUT2D eigenvalue weighted by atomic mass is 9.94. The average Bonchev–Trinajstić information content (AvgIpc) is 2.56. The van der Waals surface area contributed by atoms with Crippen LogP contribution in [-0.2, 0) is 21.2 Å². The minimum atomic E-state index is -3.61. The fourth-order valence-electron chi connectivity index (χ4n) is 2.69. The smallest absolute Gasteiger partial charge is 0.264 e. The maximum Gasteiger partial charge on any atom is 0.264 e. The van der Waals surface area contributed by atoms with Gasteiger partial charge in [0.1, 0.15) is 0 Å². The van der Waals surface area contributed by atoms with Gasteiger partial charge in [-0.15, -0.1) is 0 Å². The van der Waals surface area contributed by atoms with Gasteiger partial charge in [0.15, 0.2) is 14.6 Å². The summed E-state index contributed by atoms with van der Waals surface area (Å²) in [6.07, 6.45) is 4.83. The molecule has 0 saturated carbocycles. The zero-order chi connectivity index (χ0) is 17.5. The van der Waals surface area contributed by atoms with Gasteiger partial charge in [-0.2, -0.15) is 0 Å². The number of piperidine rings is 1. The van der Waals surface area contributed by atoms with E-state index in [9.17, 15) is 13.2 Å². The molecule has 8 heteroatoms. The zero-order valence-corrected chi connectivity index (χ0v) is 14.6. The lowest BCUT2D eigenvalue weighted by Crippen LogP contribution is -2.57. The van der Waals surface area contributed by atoms with Gasteiger partial charge < -0.3 is 0 Å². The number of rotatable bonds is 4. The molecule has 1 aromatic heterocycles. The standard InChI is InChI=1S/C13H19N3O4S.C2H6/c1-21(19,20)13(12(17)15-18)4-7-16(8-5-13)10-11-3-2-6-14-9-11;1-2/h2-3,6,9,18H,4-5,7-8,10H2,1H3,(H,15,17);1-2H3. The zero-order valence-electron chi connectivity index (χ0n) is 13.8. The number of hydrogen-bond donors (Lipinski definition) is 2. The van der Waals surface area contributed by atoms with Crippen LogP contribution in [0.4, 0.5) is 0 Å². The fourth-order valence-corrected chi connectivity index (χ4v) is 4.00. The van der Waals surface area contributed by atoms with Gasteiger partial charge in [-0.05, 0) is 24.5 Å². The summed E-state index contributed by atoms with van der Waals surface area (Å²) < 4.78 is 22.4. The number of pyridine rings is 1. The SMILES string of the molecule is CC.CS(=O)(=O)C1(C(=O)NO)CCN(Cc2cccnc2)CC1. The van der Waals surface area contributed by atoms with Gasteiger partial charge in [-0.3, -0.25) is 19.9 Å². The first kappa shape index (κ1) is 19.5. The number of carbonyl (C=O) groups excluding carboxylic acids is 1. The van der Waals surface area contributed by atoms with Gasteiger partial charge >= 0.3 is 0 Å². The lowest BCUT2D eigenvalue weighted by Gasteiger charge is -2.38. The molecule has 1 amide bonds. The number of hydroxylamine groups is 1. The van der Waals surface area contributed by atoms with Gasteiger partial charge in [0.05, 0.1) is 0 Å². The van der Waals surface area contributed by atoms with E-state index in [1.165, 1.54) is 5.48 Å². The average molecular weight is 343 g/mol. The molecule has 7 nitrogen and oxygen atoms in total. The van der Waals surface area contributed by atoms with E-state index in [0.717, 1.165) is 11.8 Å². The maximum absolute atomic E-state index is 12.0. The third-order valence-corrected chi connectivity index (χ3v) is 6.03. The molecule has 1 aliphatic rings. The normalized spacial score (nSPS) is 17.7. The monoisotopic (exact) mass is 343 g/mol. The van der Waals surface area contributed by atoms with Crippen LogP contribution in [0, 0.1) is 0 Å². The molecular formula is C15H25N3O4S. The van der Waals surface area contributed by atoms with Crippen LogP contribution in [0.25, 0.3) is 0 Å². The number of carbonyl (C=O) groups is 1. The number of aromatic nitrogens is 1. The van der Waals surface area contributed by atoms with E-state index in [1.54, 1.807) is 12.4 Å². The Morgan fingerprint density at radius 2 is 2.00 bits per heavy atom. The molecule has 2 N–H and O–H groups in total. The van der Waals surface area contributed by atoms with Crippen LogP contribution in [0.15, 0.2) is 24.5 Å². The molecule has 0 aromatic carbocycles. The van der Waals surface area contributed by atoms with E-state index in [1.807, 2.05) is 26.0 Å². The first-order valence-electron chi connectivity index (χ1n) is 7.64. The summed E-state index contributed by atoms with van der Waals surface area (Å²) in [6.45, 7) is 5.60. The molecule has 1 fully saturated rings. The number of nitrogens with zero attached hydrogens (tertiary/aromatic N) is 2. The van der Waals surface area contributed by atoms with Gasteiger partial charge in [0, 0.05) is 38.3 Å². The van der Waals surface area contributed by atoms with Crippen LogP contribution in [0.1, 0.15) is 32.3 Å². The summed E-state index contributed by atoms with van der Waals surface area (Å²) >= 11 is 0. The van der Waals surface area contributed by atoms with Crippen molar-refractivity contribution >= 4 is 15.7 Å². The Labute approximate surface area is 137 Å². The van der Waals surface area contributed by atoms with Crippen molar-refractivity contribution in [3.63, 3.8) is 0 Å². The van der Waals surface area contributed by atoms with Crippen LogP contribution in [0.3, 0.4) is 0 Å². The number of nitrogens with one attached hydrogen (secondary N) is 1. The molecule has 0 aliphatic carbocycles. The molecule has 130 valence electrons. The largest absolute Gasteiger partial charge is 0.299 e. The Hall–Kier alpha value is -1.51. The first-order chi connectivity index (χ1) is 10.9. The van der Waals surface area contributed by atoms with Gasteiger partial charge in [0.25, 0.3) is 5.91 Å². The fraction of sp³-hybridized carbons (Fsp3) is 0.600. The number of amides is 1. The van der Waals surface area contributed by atoms with Crippen molar-refractivity contribution in [3.8, 4) is 0 Å². The Morgan fingerprint density at radius 3 is 2.43 bits per heavy atom. The van der Waals surface area contributed by atoms with Crippen molar-refractivity contribution in [2.75, 3.05) is 19.3 Å². The molecule has 0 bridgehead atoms. The van der Waals surface area contributed by atoms with E-state index >= 15 is 0 Å². The highest BCUT2D eigenvalue weighted by molar-refractivity contribution is 7.92. The van der Waals surface area contributed by atoms with Crippen LogP contribution < -0.4 is 5.48 Å². The summed E-state index contributed by atoms with van der Waals surface area (Å²) in [5, 5.41) is 8.83. The molecule has 1 saturated heterocycles. The van der Waals surface area contributed by atoms with Crippen LogP contribution in [-0.4, -0.2) is 53.5 Å². The molecular weight excluding hydrogens is 318 g/mol. The van der Waals surface area contributed by atoms with Gasteiger partial charge in [-0.1, -0.05) is 19.9 Å². The maximum atomic E-state index is 12.0. The van der Waals surface area contributed by atoms with Crippen molar-refractivity contribution in [1.29, 1.82) is 0 Å². The summed E-state index contributed by atoms with van der Waals surface area (Å²) in [6, 6.07) is 3.80. The number of hydrogen-bond acceptors (Lipinski definition) is 6. The molecule has 1 aromatic rings. The molecule has 0 unspecified atom stereocenters. The van der Waals surface area contributed by atoms with Crippen molar-refractivity contribution in [3.05, 3.63) is 30.1 Å². The summed E-state index contributed by atoms with van der Waals surface area (Å²) in [5.74, 6) is -0.842. The van der Waals surface area contributed by atoms with Gasteiger partial charge in [-0.25, -0.2) is 13.9 Å². The van der Waals surface area contributed by atoms with E-state index < -0.39 is 20.5 Å². The van der Waals surface area contributed by atoms with E-state index in [2.05, 4.69) is 9.88 Å². The van der Waals surface area contributed by atoms with Gasteiger partial charge in [0.2, 0.25) is 0 Å². The molecule has 0 radical (unpaired) electrons. The quantitative estimate of drug-likeness (QED) is 0.625. The molecule has 0 spiro atoms. The number of likely N-dealkylation sites (tertiary alicyclic amines) is 1. The predicted octanol–water partition coefficient (Wildman–Crippen LogP) is 0.992. The Morgan fingerprint density at radius 1 is 1.39 bits per heavy atom. The second-order valence-corrected chi connectivity index (χ2v) is 7.67. The van der Waals surface area contributed by atoms with Crippen molar-refractivity contribution in [1.82, 2.24) is 15.4 Å². The summed E-state index contributed by atoms with van der Waals surface area (Å²) in [4.78, 5) is 17.9. The highest BCUT2D eigenvalue weighted by Gasteiger charge is 2.49. The minimum Gasteiger partial charge on any atom is -0.299 e. The molecule has 0 atom stereocenters. The van der Waals surface area contributed by atoms with Crippen LogP contribution in [0.2, 0.25) is 0 Å². The van der Waals surface area contributed by atoms with E-state index in [0.29, 0.717) is 19.6 Å². The lowest BCUT2D eigenvalue weighted by molar-refractivity contribution is -0.133. The molecule has 2 rings (SSSR count). The Bertz CT molecular complexity index is 596. The summed E-state index contributed by atoms with van der Waals surface area (Å²) in [5.41, 5.74) is 2.54. The first-order valence-corrected chi connectivity index (χ1v) is 9.53. The van der Waals surface area contributed by atoms with Crippen LogP contribution in [0.5, 0.6) is 0 Å². The van der Waals surface area contributed by atoms with Crippen LogP contribution >= 0.6 is 0 Å².